The Kier molecular flexibility index (Phi) is 4.84. The number of likely N-dealkylation sites (tertiary alicyclic amines) is 1. The van der Waals surface area contributed by atoms with Crippen molar-refractivity contribution in [3.63, 3.8) is 0 Å². The fourth-order valence-corrected chi connectivity index (χ4v) is 4.42. The molecule has 3 aromatic rings. The van der Waals surface area contributed by atoms with Gasteiger partial charge in [0, 0.05) is 48.7 Å². The molecule has 6 heteroatoms. The van der Waals surface area contributed by atoms with Gasteiger partial charge in [0.05, 0.1) is 11.4 Å². The van der Waals surface area contributed by atoms with Gasteiger partial charge in [-0.2, -0.15) is 0 Å². The smallest absolute Gasteiger partial charge is 0.263 e. The second kappa shape index (κ2) is 7.41. The molecule has 26 heavy (non-hydrogen) atoms. The fourth-order valence-electron chi connectivity index (χ4n) is 3.58. The molecular formula is C20H22N4OS. The van der Waals surface area contributed by atoms with E-state index in [0.29, 0.717) is 0 Å². The maximum absolute atomic E-state index is 12.8. The molecule has 4 rings (SSSR count). The van der Waals surface area contributed by atoms with Gasteiger partial charge >= 0.3 is 0 Å². The number of pyridine rings is 1. The number of hydrogen-bond donors (Lipinski definition) is 0. The number of carbonyl (C=O) groups is 1. The normalized spacial score (nSPS) is 17.4. The lowest BCUT2D eigenvalue weighted by Gasteiger charge is -2.32. The summed E-state index contributed by atoms with van der Waals surface area (Å²) in [5.74, 6) is 1.49. The van der Waals surface area contributed by atoms with E-state index in [0.717, 1.165) is 48.7 Å². The minimum absolute atomic E-state index is 0.151. The van der Waals surface area contributed by atoms with Crippen molar-refractivity contribution in [2.24, 2.45) is 0 Å². The van der Waals surface area contributed by atoms with Gasteiger partial charge in [0.2, 0.25) is 0 Å². The van der Waals surface area contributed by atoms with Crippen molar-refractivity contribution in [2.75, 3.05) is 13.1 Å². The van der Waals surface area contributed by atoms with E-state index in [1.807, 2.05) is 48.6 Å². The van der Waals surface area contributed by atoms with E-state index in [2.05, 4.69) is 20.6 Å². The van der Waals surface area contributed by atoms with E-state index in [1.165, 1.54) is 4.88 Å². The summed E-state index contributed by atoms with van der Waals surface area (Å²) < 4.78 is 2.19. The van der Waals surface area contributed by atoms with Crippen molar-refractivity contribution in [3.05, 3.63) is 70.2 Å². The Morgan fingerprint density at radius 3 is 3.00 bits per heavy atom. The molecule has 5 nitrogen and oxygen atoms in total. The maximum atomic E-state index is 12.8. The molecule has 1 atom stereocenters. The third-order valence-electron chi connectivity index (χ3n) is 4.85. The molecule has 1 fully saturated rings. The number of nitrogens with zero attached hydrogens (tertiary/aromatic N) is 4. The zero-order valence-electron chi connectivity index (χ0n) is 14.8. The number of piperidine rings is 1. The number of rotatable bonds is 4. The van der Waals surface area contributed by atoms with Gasteiger partial charge in [-0.15, -0.1) is 11.3 Å². The number of aryl methyl sites for hydroxylation is 1. The van der Waals surface area contributed by atoms with Crippen LogP contribution in [0, 0.1) is 6.92 Å². The van der Waals surface area contributed by atoms with E-state index < -0.39 is 0 Å². The highest BCUT2D eigenvalue weighted by molar-refractivity contribution is 7.13. The average Bonchev–Trinajstić information content (AvgIpc) is 3.31. The maximum Gasteiger partial charge on any atom is 0.263 e. The zero-order valence-corrected chi connectivity index (χ0v) is 15.7. The predicted molar refractivity (Wildman–Crippen MR) is 103 cm³/mol. The summed E-state index contributed by atoms with van der Waals surface area (Å²) in [6, 6.07) is 7.98. The Morgan fingerprint density at radius 2 is 2.23 bits per heavy atom. The first-order chi connectivity index (χ1) is 12.7. The molecule has 0 saturated carbocycles. The summed E-state index contributed by atoms with van der Waals surface area (Å²) in [4.78, 5) is 25.6. The van der Waals surface area contributed by atoms with Crippen molar-refractivity contribution < 1.29 is 4.79 Å². The van der Waals surface area contributed by atoms with Gasteiger partial charge in [0.1, 0.15) is 5.82 Å². The van der Waals surface area contributed by atoms with Crippen LogP contribution in [0.15, 0.2) is 49.1 Å². The molecular weight excluding hydrogens is 344 g/mol. The topological polar surface area (TPSA) is 51.0 Å². The summed E-state index contributed by atoms with van der Waals surface area (Å²) in [5, 5.41) is 0. The molecule has 0 unspecified atom stereocenters. The number of aromatic nitrogens is 3. The van der Waals surface area contributed by atoms with Crippen LogP contribution in [0.2, 0.25) is 0 Å². The van der Waals surface area contributed by atoms with Gasteiger partial charge in [-0.1, -0.05) is 6.07 Å². The highest BCUT2D eigenvalue weighted by Crippen LogP contribution is 2.28. The van der Waals surface area contributed by atoms with Crippen molar-refractivity contribution in [3.8, 4) is 0 Å². The zero-order chi connectivity index (χ0) is 17.9. The van der Waals surface area contributed by atoms with Gasteiger partial charge in [-0.25, -0.2) is 4.98 Å². The van der Waals surface area contributed by atoms with Crippen LogP contribution in [-0.4, -0.2) is 38.4 Å². The molecule has 1 aliphatic heterocycles. The van der Waals surface area contributed by atoms with Crippen LogP contribution in [0.5, 0.6) is 0 Å². The van der Waals surface area contributed by atoms with Crippen LogP contribution in [0.4, 0.5) is 0 Å². The lowest BCUT2D eigenvalue weighted by molar-refractivity contribution is 0.0708. The summed E-state index contributed by atoms with van der Waals surface area (Å²) >= 11 is 1.57. The molecule has 0 bridgehead atoms. The fraction of sp³-hybridized carbons (Fsp3) is 0.350. The molecule has 1 amide bonds. The van der Waals surface area contributed by atoms with Crippen LogP contribution in [0.25, 0.3) is 0 Å². The molecule has 3 aromatic heterocycles. The van der Waals surface area contributed by atoms with E-state index >= 15 is 0 Å². The molecule has 0 radical (unpaired) electrons. The monoisotopic (exact) mass is 366 g/mol. The second-order valence-corrected chi connectivity index (χ2v) is 8.06. The first-order valence-electron chi connectivity index (χ1n) is 8.96. The lowest BCUT2D eigenvalue weighted by Crippen LogP contribution is -2.39. The van der Waals surface area contributed by atoms with Crippen LogP contribution < -0.4 is 0 Å². The summed E-state index contributed by atoms with van der Waals surface area (Å²) in [5.41, 5.74) is 1.16. The molecule has 0 aromatic carbocycles. The van der Waals surface area contributed by atoms with Gasteiger partial charge in [0.25, 0.3) is 5.91 Å². The average molecular weight is 366 g/mol. The molecule has 0 aliphatic carbocycles. The Hall–Kier alpha value is -2.47. The Balaban J connectivity index is 1.50. The molecule has 0 N–H and O–H groups in total. The largest absolute Gasteiger partial charge is 0.337 e. The minimum atomic E-state index is 0.151. The predicted octanol–water partition coefficient (Wildman–Crippen LogP) is 3.72. The van der Waals surface area contributed by atoms with E-state index in [4.69, 9.17) is 0 Å². The van der Waals surface area contributed by atoms with Gasteiger partial charge in [0.15, 0.2) is 0 Å². The lowest BCUT2D eigenvalue weighted by atomic mass is 9.97. The number of carbonyl (C=O) groups excluding carboxylic acids is 1. The van der Waals surface area contributed by atoms with E-state index in [1.54, 1.807) is 17.5 Å². The number of thiophene rings is 1. The SMILES string of the molecule is Cc1ccc(C(=O)N2CCC[C@H](c3nccn3Cc3cccnc3)C2)s1. The molecule has 1 aliphatic rings. The van der Waals surface area contributed by atoms with E-state index in [9.17, 15) is 4.79 Å². The van der Waals surface area contributed by atoms with Crippen LogP contribution in [0.1, 0.15) is 44.7 Å². The van der Waals surface area contributed by atoms with Crippen molar-refractivity contribution in [1.29, 1.82) is 0 Å². The van der Waals surface area contributed by atoms with Crippen molar-refractivity contribution in [2.45, 2.75) is 32.2 Å². The molecule has 1 saturated heterocycles. The highest BCUT2D eigenvalue weighted by atomic mass is 32.1. The first kappa shape index (κ1) is 17.0. The Labute approximate surface area is 157 Å². The standard InChI is InChI=1S/C20H22N4OS/c1-15-6-7-18(26-15)20(25)24-10-3-5-17(14-24)19-22-9-11-23(19)13-16-4-2-8-21-12-16/h2,4,6-9,11-12,17H,3,5,10,13-14H2,1H3/t17-/m0/s1. The summed E-state index contributed by atoms with van der Waals surface area (Å²) in [7, 11) is 0. The van der Waals surface area contributed by atoms with Crippen molar-refractivity contribution in [1.82, 2.24) is 19.4 Å². The third-order valence-corrected chi connectivity index (χ3v) is 5.84. The molecule has 4 heterocycles. The van der Waals surface area contributed by atoms with Crippen molar-refractivity contribution >= 4 is 17.2 Å². The Bertz CT molecular complexity index is 886. The number of hydrogen-bond acceptors (Lipinski definition) is 4. The minimum Gasteiger partial charge on any atom is -0.337 e. The van der Waals surface area contributed by atoms with Crippen LogP contribution in [0.3, 0.4) is 0 Å². The quantitative estimate of drug-likeness (QED) is 0.707. The van der Waals surface area contributed by atoms with Crippen LogP contribution in [-0.2, 0) is 6.54 Å². The van der Waals surface area contributed by atoms with Gasteiger partial charge in [-0.05, 0) is 43.5 Å². The third kappa shape index (κ3) is 3.55. The van der Waals surface area contributed by atoms with Gasteiger partial charge < -0.3 is 9.47 Å². The first-order valence-corrected chi connectivity index (χ1v) is 9.78. The Morgan fingerprint density at radius 1 is 1.31 bits per heavy atom. The molecule has 0 spiro atoms. The molecule has 134 valence electrons. The van der Waals surface area contributed by atoms with Crippen LogP contribution >= 0.6 is 11.3 Å². The number of imidazole rings is 1. The van der Waals surface area contributed by atoms with E-state index in [-0.39, 0.29) is 11.8 Å². The van der Waals surface area contributed by atoms with Gasteiger partial charge in [-0.3, -0.25) is 9.78 Å². The highest BCUT2D eigenvalue weighted by Gasteiger charge is 2.28. The number of amides is 1. The summed E-state index contributed by atoms with van der Waals surface area (Å²) in [6.45, 7) is 4.36. The summed E-state index contributed by atoms with van der Waals surface area (Å²) in [6.07, 6.45) is 9.63. The second-order valence-electron chi connectivity index (χ2n) is 6.78.